The fourth-order valence-corrected chi connectivity index (χ4v) is 7.98. The third-order valence-electron chi connectivity index (χ3n) is 10.2. The van der Waals surface area contributed by atoms with Crippen molar-refractivity contribution in [1.29, 1.82) is 0 Å². The van der Waals surface area contributed by atoms with Crippen molar-refractivity contribution >= 4 is 34.6 Å². The van der Waals surface area contributed by atoms with Crippen molar-refractivity contribution in [1.82, 2.24) is 0 Å². The van der Waals surface area contributed by atoms with Crippen LogP contribution in [0.15, 0.2) is 71.4 Å². The zero-order valence-electron chi connectivity index (χ0n) is 27.4. The average Bonchev–Trinajstić information content (AvgIpc) is 3.91. The summed E-state index contributed by atoms with van der Waals surface area (Å²) in [5.41, 5.74) is 9.71. The monoisotopic (exact) mass is 708 g/mol. The van der Waals surface area contributed by atoms with E-state index in [1.54, 1.807) is 27.9 Å². The normalized spacial score (nSPS) is 23.7. The molecule has 242 valence electrons. The van der Waals surface area contributed by atoms with Crippen LogP contribution in [0.25, 0.3) is 5.57 Å². The molecule has 1 aromatic carbocycles. The molecule has 0 spiro atoms. The molecule has 7 aliphatic rings. The van der Waals surface area contributed by atoms with Crippen LogP contribution in [0.1, 0.15) is 115 Å². The van der Waals surface area contributed by atoms with Gasteiger partial charge in [0, 0.05) is 0 Å². The van der Waals surface area contributed by atoms with Gasteiger partial charge in [-0.15, -0.1) is 37.7 Å². The van der Waals surface area contributed by atoms with E-state index in [4.69, 9.17) is 0 Å². The SMILES string of the molecule is C1=CC2=C3C(=C4[CH-]CCCC4C2CC1)Cc1ccccc13.C[CH-]C1CCCC1.C[CH-]C1CCCC1.Cl.Cl.[C-]1=CC=CC1.[CH2]=[Zr]. The van der Waals surface area contributed by atoms with Crippen LogP contribution in [-0.4, -0.2) is 4.21 Å². The van der Waals surface area contributed by atoms with E-state index in [0.717, 1.165) is 36.5 Å². The van der Waals surface area contributed by atoms with Gasteiger partial charge in [0.05, 0.1) is 0 Å². The fourth-order valence-electron chi connectivity index (χ4n) is 7.98. The second-order valence-corrected chi connectivity index (χ2v) is 12.7. The minimum absolute atomic E-state index is 0. The average molecular weight is 711 g/mol. The van der Waals surface area contributed by atoms with Gasteiger partial charge in [-0.05, 0) is 36.7 Å². The number of hydrogen-bond donors (Lipinski definition) is 0. The van der Waals surface area contributed by atoms with Gasteiger partial charge in [-0.2, -0.15) is 37.3 Å². The Kier molecular flexibility index (Phi) is 19.5. The Bertz CT molecular complexity index is 1100. The molecule has 0 amide bonds. The van der Waals surface area contributed by atoms with Crippen LogP contribution in [0.3, 0.4) is 0 Å². The molecule has 2 atom stereocenters. The molecule has 7 aliphatic carbocycles. The van der Waals surface area contributed by atoms with Crippen molar-refractivity contribution in [2.75, 3.05) is 0 Å². The van der Waals surface area contributed by atoms with Crippen molar-refractivity contribution in [2.45, 2.75) is 110 Å². The molecular formula is C41H56Cl2Zr-4. The molecule has 0 N–H and O–H groups in total. The van der Waals surface area contributed by atoms with Crippen LogP contribution in [0, 0.1) is 49.0 Å². The molecule has 3 heteroatoms. The molecular weight excluding hydrogens is 655 g/mol. The molecule has 0 aromatic heterocycles. The fraction of sp³-hybridized carbons (Fsp3) is 0.512. The first-order chi connectivity index (χ1) is 20.8. The van der Waals surface area contributed by atoms with E-state index in [1.165, 1.54) is 113 Å². The molecule has 2 unspecified atom stereocenters. The molecule has 3 saturated carbocycles. The number of benzene rings is 1. The van der Waals surface area contributed by atoms with Gasteiger partial charge in [0.15, 0.2) is 0 Å². The first-order valence-electron chi connectivity index (χ1n) is 17.0. The summed E-state index contributed by atoms with van der Waals surface area (Å²) in [7, 11) is 0. The van der Waals surface area contributed by atoms with Crippen molar-refractivity contribution < 1.29 is 24.2 Å². The molecule has 8 rings (SSSR count). The molecule has 0 radical (unpaired) electrons. The summed E-state index contributed by atoms with van der Waals surface area (Å²) in [4.78, 5) is 0. The quantitative estimate of drug-likeness (QED) is 0.268. The van der Waals surface area contributed by atoms with Crippen molar-refractivity contribution in [3.63, 3.8) is 0 Å². The Morgan fingerprint density at radius 2 is 1.48 bits per heavy atom. The Morgan fingerprint density at radius 1 is 0.818 bits per heavy atom. The Morgan fingerprint density at radius 3 is 2.02 bits per heavy atom. The Labute approximate surface area is 298 Å². The predicted molar refractivity (Wildman–Crippen MR) is 195 cm³/mol. The van der Waals surface area contributed by atoms with Crippen LogP contribution in [0.5, 0.6) is 0 Å². The van der Waals surface area contributed by atoms with Crippen LogP contribution in [0.4, 0.5) is 0 Å². The first kappa shape index (κ1) is 39.3. The van der Waals surface area contributed by atoms with E-state index in [9.17, 15) is 0 Å². The topological polar surface area (TPSA) is 0 Å². The summed E-state index contributed by atoms with van der Waals surface area (Å²) in [5, 5.41) is 0. The summed E-state index contributed by atoms with van der Waals surface area (Å²) in [5.74, 6) is 3.54. The predicted octanol–water partition coefficient (Wildman–Crippen LogP) is 12.2. The van der Waals surface area contributed by atoms with Crippen molar-refractivity contribution in [3.8, 4) is 0 Å². The van der Waals surface area contributed by atoms with E-state index in [1.807, 2.05) is 12.2 Å². The second-order valence-electron chi connectivity index (χ2n) is 12.7. The van der Waals surface area contributed by atoms with Gasteiger partial charge in [0.1, 0.15) is 0 Å². The third-order valence-corrected chi connectivity index (χ3v) is 10.2. The molecule has 3 fully saturated rings. The maximum atomic E-state index is 3.34. The number of rotatable bonds is 2. The van der Waals surface area contributed by atoms with Gasteiger partial charge in [-0.1, -0.05) is 117 Å². The third kappa shape index (κ3) is 10.6. The summed E-state index contributed by atoms with van der Waals surface area (Å²) in [6.07, 6.45) is 41.7. The van der Waals surface area contributed by atoms with Gasteiger partial charge in [0.25, 0.3) is 0 Å². The molecule has 0 bridgehead atoms. The number of halogens is 2. The van der Waals surface area contributed by atoms with Crippen molar-refractivity contribution in [3.05, 3.63) is 108 Å². The molecule has 0 aliphatic heterocycles. The van der Waals surface area contributed by atoms with Crippen LogP contribution in [0.2, 0.25) is 0 Å². The maximum absolute atomic E-state index is 3.34. The molecule has 44 heavy (non-hydrogen) atoms. The van der Waals surface area contributed by atoms with Gasteiger partial charge in [0.2, 0.25) is 0 Å². The Balaban J connectivity index is 0.000000243. The minimum atomic E-state index is 0. The van der Waals surface area contributed by atoms with Gasteiger partial charge in [-0.3, -0.25) is 6.08 Å². The summed E-state index contributed by atoms with van der Waals surface area (Å²) < 4.78 is 3.34. The van der Waals surface area contributed by atoms with Crippen LogP contribution in [-0.2, 0) is 30.7 Å². The van der Waals surface area contributed by atoms with Gasteiger partial charge in [-0.25, -0.2) is 24.1 Å². The van der Waals surface area contributed by atoms with E-state index in [2.05, 4.69) is 85.9 Å². The first-order valence-corrected chi connectivity index (χ1v) is 18.8. The van der Waals surface area contributed by atoms with Gasteiger partial charge < -0.3 is 12.8 Å². The van der Waals surface area contributed by atoms with E-state index in [-0.39, 0.29) is 24.8 Å². The van der Waals surface area contributed by atoms with E-state index >= 15 is 0 Å². The zero-order valence-corrected chi connectivity index (χ0v) is 31.5. The standard InChI is InChI=1S/C21H21.2C7H13.C5H5.CH2.2ClH.Zr/c1-2-8-15-14(7-1)13-20-18-11-4-3-9-16(18)17-10-5-6-12-19(17)21(15)20;2*1-2-7-5-3-4-6-7;1-2-4-5-3-1;;;;/h1-2,6-8,11-12,16-17H,3-5,9-10,13H2;2*2,7H,3-6H2,1H3;1-3H,4H2;1H2;2*1H;/q4*-1;;;;. The summed E-state index contributed by atoms with van der Waals surface area (Å²) >= 11 is 1.30. The zero-order chi connectivity index (χ0) is 29.6. The summed E-state index contributed by atoms with van der Waals surface area (Å²) in [6.45, 7) is 4.35. The van der Waals surface area contributed by atoms with E-state index in [0.29, 0.717) is 0 Å². The number of fused-ring (bicyclic) bond motifs is 6. The number of allylic oxidation sites excluding steroid dienone is 10. The second kappa shape index (κ2) is 21.8. The Hall–Kier alpha value is -0.877. The van der Waals surface area contributed by atoms with Gasteiger partial charge >= 0.3 is 28.4 Å². The van der Waals surface area contributed by atoms with E-state index < -0.39 is 0 Å². The summed E-state index contributed by atoms with van der Waals surface area (Å²) in [6, 6.07) is 9.07. The van der Waals surface area contributed by atoms with Crippen molar-refractivity contribution in [2.24, 2.45) is 23.7 Å². The molecule has 0 saturated heterocycles. The molecule has 0 heterocycles. The van der Waals surface area contributed by atoms with Crippen LogP contribution >= 0.6 is 24.8 Å². The number of hydrogen-bond acceptors (Lipinski definition) is 0. The molecule has 0 nitrogen and oxygen atoms in total. The van der Waals surface area contributed by atoms with Crippen LogP contribution < -0.4 is 0 Å². The molecule has 1 aromatic rings.